The topological polar surface area (TPSA) is 32.3 Å². The standard InChI is InChI=1S/C13H20N2OS/c1-2-8-15(10-11-5-3-7-14-11)13(16)12-6-4-9-17-12/h4,6,9,11,14H,2-3,5,7-8,10H2,1H3. The Kier molecular flexibility index (Phi) is 4.57. The molecule has 0 aliphatic carbocycles. The van der Waals surface area contributed by atoms with Crippen LogP contribution in [0.3, 0.4) is 0 Å². The highest BCUT2D eigenvalue weighted by Gasteiger charge is 2.22. The molecule has 1 atom stereocenters. The lowest BCUT2D eigenvalue weighted by Gasteiger charge is -2.25. The normalized spacial score (nSPS) is 19.5. The summed E-state index contributed by atoms with van der Waals surface area (Å²) in [6.07, 6.45) is 3.44. The summed E-state index contributed by atoms with van der Waals surface area (Å²) in [5.41, 5.74) is 0. The molecule has 0 bridgehead atoms. The van der Waals surface area contributed by atoms with Gasteiger partial charge in [-0.05, 0) is 37.3 Å². The fourth-order valence-electron chi connectivity index (χ4n) is 2.28. The van der Waals surface area contributed by atoms with Crippen LogP contribution >= 0.6 is 11.3 Å². The SMILES string of the molecule is CCCN(CC1CCCN1)C(=O)c1cccs1. The van der Waals surface area contributed by atoms with E-state index in [4.69, 9.17) is 0 Å². The van der Waals surface area contributed by atoms with Crippen molar-refractivity contribution in [2.75, 3.05) is 19.6 Å². The van der Waals surface area contributed by atoms with Crippen molar-refractivity contribution in [3.63, 3.8) is 0 Å². The van der Waals surface area contributed by atoms with E-state index < -0.39 is 0 Å². The zero-order valence-electron chi connectivity index (χ0n) is 10.3. The van der Waals surface area contributed by atoms with Gasteiger partial charge in [0.25, 0.3) is 5.91 Å². The molecule has 1 aliphatic heterocycles. The molecule has 1 amide bonds. The highest BCUT2D eigenvalue weighted by molar-refractivity contribution is 7.12. The summed E-state index contributed by atoms with van der Waals surface area (Å²) in [4.78, 5) is 15.1. The van der Waals surface area contributed by atoms with E-state index in [1.807, 2.05) is 22.4 Å². The molecule has 0 aromatic carbocycles. The predicted octanol–water partition coefficient (Wildman–Crippen LogP) is 2.35. The molecule has 2 heterocycles. The molecule has 0 radical (unpaired) electrons. The van der Waals surface area contributed by atoms with Crippen molar-refractivity contribution in [1.82, 2.24) is 10.2 Å². The molecule has 1 aliphatic rings. The maximum Gasteiger partial charge on any atom is 0.263 e. The summed E-state index contributed by atoms with van der Waals surface area (Å²) in [7, 11) is 0. The maximum atomic E-state index is 12.3. The minimum atomic E-state index is 0.190. The van der Waals surface area contributed by atoms with Crippen molar-refractivity contribution in [2.24, 2.45) is 0 Å². The minimum absolute atomic E-state index is 0.190. The van der Waals surface area contributed by atoms with Crippen molar-refractivity contribution in [3.05, 3.63) is 22.4 Å². The third-order valence-corrected chi connectivity index (χ3v) is 3.97. The number of thiophene rings is 1. The largest absolute Gasteiger partial charge is 0.336 e. The van der Waals surface area contributed by atoms with Crippen LogP contribution in [0.4, 0.5) is 0 Å². The van der Waals surface area contributed by atoms with Crippen molar-refractivity contribution < 1.29 is 4.79 Å². The highest BCUT2D eigenvalue weighted by Crippen LogP contribution is 2.14. The van der Waals surface area contributed by atoms with Crippen LogP contribution in [0.2, 0.25) is 0 Å². The van der Waals surface area contributed by atoms with Crippen LogP contribution in [0, 0.1) is 0 Å². The second kappa shape index (κ2) is 6.17. The zero-order valence-corrected chi connectivity index (χ0v) is 11.1. The third-order valence-electron chi connectivity index (χ3n) is 3.12. The van der Waals surface area contributed by atoms with Gasteiger partial charge in [-0.2, -0.15) is 0 Å². The molecule has 94 valence electrons. The summed E-state index contributed by atoms with van der Waals surface area (Å²) in [5, 5.41) is 5.42. The molecule has 17 heavy (non-hydrogen) atoms. The first kappa shape index (κ1) is 12.6. The molecule has 3 nitrogen and oxygen atoms in total. The lowest BCUT2D eigenvalue weighted by Crippen LogP contribution is -2.41. The number of carbonyl (C=O) groups excluding carboxylic acids is 1. The molecule has 1 saturated heterocycles. The van der Waals surface area contributed by atoms with Crippen LogP contribution in [0.1, 0.15) is 35.9 Å². The second-order valence-electron chi connectivity index (χ2n) is 4.52. The first-order chi connectivity index (χ1) is 8.31. The average Bonchev–Trinajstić information content (AvgIpc) is 3.00. The fourth-order valence-corrected chi connectivity index (χ4v) is 2.97. The van der Waals surface area contributed by atoms with Gasteiger partial charge in [0.05, 0.1) is 4.88 Å². The van der Waals surface area contributed by atoms with E-state index in [2.05, 4.69) is 12.2 Å². The van der Waals surface area contributed by atoms with Crippen LogP contribution in [-0.2, 0) is 0 Å². The van der Waals surface area contributed by atoms with Gasteiger partial charge in [-0.15, -0.1) is 11.3 Å². The number of hydrogen-bond acceptors (Lipinski definition) is 3. The van der Waals surface area contributed by atoms with Crippen LogP contribution in [-0.4, -0.2) is 36.5 Å². The van der Waals surface area contributed by atoms with Gasteiger partial charge in [0, 0.05) is 19.1 Å². The molecule has 1 aromatic rings. The Hall–Kier alpha value is -0.870. The van der Waals surface area contributed by atoms with Gasteiger partial charge in [-0.1, -0.05) is 13.0 Å². The second-order valence-corrected chi connectivity index (χ2v) is 5.47. The molecule has 0 spiro atoms. The molecular formula is C13H20N2OS. The number of rotatable bonds is 5. The van der Waals surface area contributed by atoms with E-state index in [0.717, 1.165) is 30.9 Å². The average molecular weight is 252 g/mol. The van der Waals surface area contributed by atoms with Crippen LogP contribution in [0.5, 0.6) is 0 Å². The van der Waals surface area contributed by atoms with E-state index in [9.17, 15) is 4.79 Å². The van der Waals surface area contributed by atoms with Crippen LogP contribution in [0.25, 0.3) is 0 Å². The number of nitrogens with zero attached hydrogens (tertiary/aromatic N) is 1. The van der Waals surface area contributed by atoms with Crippen molar-refractivity contribution in [3.8, 4) is 0 Å². The molecule has 1 N–H and O–H groups in total. The molecule has 2 rings (SSSR count). The zero-order chi connectivity index (χ0) is 12.1. The summed E-state index contributed by atoms with van der Waals surface area (Å²) < 4.78 is 0. The van der Waals surface area contributed by atoms with E-state index in [0.29, 0.717) is 6.04 Å². The van der Waals surface area contributed by atoms with E-state index in [1.54, 1.807) is 0 Å². The van der Waals surface area contributed by atoms with Crippen molar-refractivity contribution in [1.29, 1.82) is 0 Å². The Morgan fingerprint density at radius 3 is 3.12 bits per heavy atom. The minimum Gasteiger partial charge on any atom is -0.336 e. The molecular weight excluding hydrogens is 232 g/mol. The smallest absolute Gasteiger partial charge is 0.263 e. The lowest BCUT2D eigenvalue weighted by atomic mass is 10.2. The predicted molar refractivity (Wildman–Crippen MR) is 71.5 cm³/mol. The van der Waals surface area contributed by atoms with Gasteiger partial charge in [-0.25, -0.2) is 0 Å². The monoisotopic (exact) mass is 252 g/mol. The summed E-state index contributed by atoms with van der Waals surface area (Å²) in [6.45, 7) is 4.92. The third kappa shape index (κ3) is 3.30. The van der Waals surface area contributed by atoms with Gasteiger partial charge in [-0.3, -0.25) is 4.79 Å². The molecule has 1 aromatic heterocycles. The quantitative estimate of drug-likeness (QED) is 0.872. The number of hydrogen-bond donors (Lipinski definition) is 1. The molecule has 0 saturated carbocycles. The Morgan fingerprint density at radius 2 is 2.53 bits per heavy atom. The lowest BCUT2D eigenvalue weighted by molar-refractivity contribution is 0.0747. The summed E-state index contributed by atoms with van der Waals surface area (Å²) in [5.74, 6) is 0.190. The van der Waals surface area contributed by atoms with Crippen LogP contribution < -0.4 is 5.32 Å². The maximum absolute atomic E-state index is 12.3. The van der Waals surface area contributed by atoms with Crippen LogP contribution in [0.15, 0.2) is 17.5 Å². The first-order valence-electron chi connectivity index (χ1n) is 6.37. The Balaban J connectivity index is 1.98. The fraction of sp³-hybridized carbons (Fsp3) is 0.615. The first-order valence-corrected chi connectivity index (χ1v) is 7.25. The number of nitrogens with one attached hydrogen (secondary N) is 1. The van der Waals surface area contributed by atoms with Crippen molar-refractivity contribution in [2.45, 2.75) is 32.2 Å². The Morgan fingerprint density at radius 1 is 1.65 bits per heavy atom. The Labute approximate surface area is 107 Å². The van der Waals surface area contributed by atoms with E-state index in [-0.39, 0.29) is 5.91 Å². The van der Waals surface area contributed by atoms with Gasteiger partial charge in [0.1, 0.15) is 0 Å². The van der Waals surface area contributed by atoms with E-state index in [1.165, 1.54) is 24.2 Å². The highest BCUT2D eigenvalue weighted by atomic mass is 32.1. The van der Waals surface area contributed by atoms with Gasteiger partial charge in [0.15, 0.2) is 0 Å². The summed E-state index contributed by atoms with van der Waals surface area (Å²) >= 11 is 1.53. The number of carbonyl (C=O) groups is 1. The van der Waals surface area contributed by atoms with Gasteiger partial charge < -0.3 is 10.2 Å². The van der Waals surface area contributed by atoms with Gasteiger partial charge >= 0.3 is 0 Å². The number of amides is 1. The Bertz CT molecular complexity index is 344. The molecule has 4 heteroatoms. The van der Waals surface area contributed by atoms with Gasteiger partial charge in [0.2, 0.25) is 0 Å². The molecule has 1 unspecified atom stereocenters. The molecule has 1 fully saturated rings. The van der Waals surface area contributed by atoms with E-state index >= 15 is 0 Å². The summed E-state index contributed by atoms with van der Waals surface area (Å²) in [6, 6.07) is 4.35. The van der Waals surface area contributed by atoms with Crippen molar-refractivity contribution >= 4 is 17.2 Å².